The first kappa shape index (κ1) is 20.0. The number of rotatable bonds is 7. The summed E-state index contributed by atoms with van der Waals surface area (Å²) in [5.74, 6) is 0.637. The van der Waals surface area contributed by atoms with E-state index in [1.54, 1.807) is 11.8 Å². The molecular formula is C23H21N3O3S. The van der Waals surface area contributed by atoms with Crippen LogP contribution in [-0.4, -0.2) is 34.3 Å². The Morgan fingerprint density at radius 1 is 1.03 bits per heavy atom. The minimum Gasteiger partial charge on any atom is -0.454 e. The van der Waals surface area contributed by atoms with Crippen LogP contribution in [0.5, 0.6) is 0 Å². The summed E-state index contributed by atoms with van der Waals surface area (Å²) in [6, 6.07) is 21.1. The molecule has 152 valence electrons. The van der Waals surface area contributed by atoms with Crippen molar-refractivity contribution in [3.05, 3.63) is 72.6 Å². The largest absolute Gasteiger partial charge is 0.454 e. The highest BCUT2D eigenvalue weighted by atomic mass is 32.2. The number of anilines is 1. The van der Waals surface area contributed by atoms with Crippen molar-refractivity contribution in [3.63, 3.8) is 0 Å². The third-order valence-corrected chi connectivity index (χ3v) is 5.27. The van der Waals surface area contributed by atoms with E-state index in [4.69, 9.17) is 4.74 Å². The van der Waals surface area contributed by atoms with Crippen molar-refractivity contribution < 1.29 is 14.3 Å². The second-order valence-corrected chi connectivity index (χ2v) is 7.64. The first-order chi connectivity index (χ1) is 14.7. The molecule has 4 aromatic rings. The second-order valence-electron chi connectivity index (χ2n) is 6.77. The Hall–Kier alpha value is -3.32. The van der Waals surface area contributed by atoms with Crippen LogP contribution >= 0.6 is 11.8 Å². The van der Waals surface area contributed by atoms with E-state index < -0.39 is 5.97 Å². The summed E-state index contributed by atoms with van der Waals surface area (Å²) >= 11 is 1.63. The molecule has 4 rings (SSSR count). The van der Waals surface area contributed by atoms with Crippen molar-refractivity contribution in [1.29, 1.82) is 0 Å². The molecule has 0 aliphatic carbocycles. The zero-order valence-corrected chi connectivity index (χ0v) is 17.3. The molecule has 0 atom stereocenters. The van der Waals surface area contributed by atoms with Gasteiger partial charge in [-0.1, -0.05) is 48.5 Å². The molecule has 1 heterocycles. The lowest BCUT2D eigenvalue weighted by Gasteiger charge is -2.11. The molecule has 0 saturated heterocycles. The fourth-order valence-electron chi connectivity index (χ4n) is 3.38. The summed E-state index contributed by atoms with van der Waals surface area (Å²) in [5.41, 5.74) is 2.40. The molecule has 0 bridgehead atoms. The molecule has 1 N–H and O–H groups in total. The Morgan fingerprint density at radius 3 is 2.67 bits per heavy atom. The minimum atomic E-state index is -0.478. The molecule has 1 amide bonds. The van der Waals surface area contributed by atoms with Crippen molar-refractivity contribution >= 4 is 51.1 Å². The maximum atomic E-state index is 12.4. The number of amides is 1. The number of esters is 1. The van der Waals surface area contributed by atoms with Gasteiger partial charge in [-0.2, -0.15) is 11.8 Å². The van der Waals surface area contributed by atoms with Gasteiger partial charge in [-0.3, -0.25) is 9.59 Å². The van der Waals surface area contributed by atoms with Gasteiger partial charge >= 0.3 is 5.97 Å². The Morgan fingerprint density at radius 2 is 1.80 bits per heavy atom. The van der Waals surface area contributed by atoms with Crippen LogP contribution in [0.15, 0.2) is 66.7 Å². The summed E-state index contributed by atoms with van der Waals surface area (Å²) in [6.07, 6.45) is 1.99. The zero-order valence-electron chi connectivity index (χ0n) is 16.5. The van der Waals surface area contributed by atoms with E-state index in [2.05, 4.69) is 10.3 Å². The van der Waals surface area contributed by atoms with Crippen LogP contribution in [0.2, 0.25) is 0 Å². The molecule has 0 spiro atoms. The quantitative estimate of drug-likeness (QED) is 0.454. The van der Waals surface area contributed by atoms with Gasteiger partial charge in [-0.25, -0.2) is 4.98 Å². The van der Waals surface area contributed by atoms with Gasteiger partial charge in [-0.05, 0) is 29.8 Å². The molecule has 0 saturated carbocycles. The van der Waals surface area contributed by atoms with Gasteiger partial charge in [0, 0.05) is 11.1 Å². The molecule has 0 aliphatic rings. The van der Waals surface area contributed by atoms with Gasteiger partial charge in [-0.15, -0.1) is 0 Å². The number of thioether (sulfide) groups is 1. The number of benzene rings is 3. The fourth-order valence-corrected chi connectivity index (χ4v) is 3.86. The average molecular weight is 420 g/mol. The molecule has 30 heavy (non-hydrogen) atoms. The molecular weight excluding hydrogens is 398 g/mol. The number of carbonyl (C=O) groups is 2. The zero-order chi connectivity index (χ0) is 20.9. The molecule has 0 fully saturated rings. The Labute approximate surface area is 178 Å². The number of aromatic nitrogens is 2. The van der Waals surface area contributed by atoms with E-state index in [0.29, 0.717) is 11.4 Å². The third kappa shape index (κ3) is 4.31. The van der Waals surface area contributed by atoms with Crippen LogP contribution in [0.3, 0.4) is 0 Å². The van der Waals surface area contributed by atoms with Crippen molar-refractivity contribution in [2.75, 3.05) is 18.2 Å². The number of nitrogens with one attached hydrogen (secondary N) is 1. The summed E-state index contributed by atoms with van der Waals surface area (Å²) in [4.78, 5) is 29.3. The Bertz CT molecular complexity index is 1210. The van der Waals surface area contributed by atoms with Crippen LogP contribution in [0.1, 0.15) is 5.82 Å². The molecule has 1 aromatic heterocycles. The number of fused-ring (bicyclic) bond motifs is 2. The molecule has 7 heteroatoms. The predicted molar refractivity (Wildman–Crippen MR) is 120 cm³/mol. The lowest BCUT2D eigenvalue weighted by molar-refractivity contribution is -0.147. The lowest BCUT2D eigenvalue weighted by atomic mass is 10.1. The summed E-state index contributed by atoms with van der Waals surface area (Å²) in [6.45, 7) is -0.329. The van der Waals surface area contributed by atoms with Gasteiger partial charge < -0.3 is 14.6 Å². The van der Waals surface area contributed by atoms with E-state index in [-0.39, 0.29) is 19.1 Å². The van der Waals surface area contributed by atoms with E-state index in [9.17, 15) is 9.59 Å². The normalized spacial score (nSPS) is 11.0. The number of carbonyl (C=O) groups excluding carboxylic acids is 2. The molecule has 0 unspecified atom stereocenters. The maximum Gasteiger partial charge on any atom is 0.326 e. The Kier molecular flexibility index (Phi) is 5.99. The van der Waals surface area contributed by atoms with Gasteiger partial charge in [0.05, 0.1) is 16.8 Å². The standard InChI is InChI=1S/C23H21N3O3S/c1-30-15-21-24-19-10-4-5-12-20(19)26(21)13-23(28)29-14-22(27)25-18-11-6-8-16-7-2-3-9-17(16)18/h2-12H,13-15H2,1H3,(H,25,27). The van der Waals surface area contributed by atoms with E-state index >= 15 is 0 Å². The monoisotopic (exact) mass is 419 g/mol. The fraction of sp³-hybridized carbons (Fsp3) is 0.174. The van der Waals surface area contributed by atoms with Crippen molar-refractivity contribution in [2.24, 2.45) is 0 Å². The van der Waals surface area contributed by atoms with Crippen LogP contribution in [0.25, 0.3) is 21.8 Å². The number of ether oxygens (including phenoxy) is 1. The first-order valence-electron chi connectivity index (χ1n) is 9.52. The van der Waals surface area contributed by atoms with Crippen LogP contribution < -0.4 is 5.32 Å². The highest BCUT2D eigenvalue weighted by molar-refractivity contribution is 7.97. The molecule has 3 aromatic carbocycles. The lowest BCUT2D eigenvalue weighted by Crippen LogP contribution is -2.23. The number of hydrogen-bond donors (Lipinski definition) is 1. The SMILES string of the molecule is CSCc1nc2ccccc2n1CC(=O)OCC(=O)Nc1cccc2ccccc12. The van der Waals surface area contributed by atoms with Crippen molar-refractivity contribution in [2.45, 2.75) is 12.3 Å². The second kappa shape index (κ2) is 9.00. The highest BCUT2D eigenvalue weighted by Crippen LogP contribution is 2.23. The number of imidazole rings is 1. The summed E-state index contributed by atoms with van der Waals surface area (Å²) < 4.78 is 7.08. The predicted octanol–water partition coefficient (Wildman–Crippen LogP) is 4.23. The molecule has 0 aliphatic heterocycles. The summed E-state index contributed by atoms with van der Waals surface area (Å²) in [7, 11) is 0. The first-order valence-corrected chi connectivity index (χ1v) is 10.9. The highest BCUT2D eigenvalue weighted by Gasteiger charge is 2.15. The van der Waals surface area contributed by atoms with Crippen LogP contribution in [-0.2, 0) is 26.6 Å². The van der Waals surface area contributed by atoms with Gasteiger partial charge in [0.15, 0.2) is 6.61 Å². The average Bonchev–Trinajstić information content (AvgIpc) is 3.10. The number of nitrogens with zero attached hydrogens (tertiary/aromatic N) is 2. The van der Waals surface area contributed by atoms with Gasteiger partial charge in [0.2, 0.25) is 0 Å². The van der Waals surface area contributed by atoms with E-state index in [1.807, 2.05) is 77.6 Å². The maximum absolute atomic E-state index is 12.4. The molecule has 0 radical (unpaired) electrons. The third-order valence-electron chi connectivity index (χ3n) is 4.72. The topological polar surface area (TPSA) is 73.2 Å². The van der Waals surface area contributed by atoms with Crippen molar-refractivity contribution in [1.82, 2.24) is 9.55 Å². The van der Waals surface area contributed by atoms with Crippen LogP contribution in [0, 0.1) is 0 Å². The molecule has 6 nitrogen and oxygen atoms in total. The Balaban J connectivity index is 1.41. The van der Waals surface area contributed by atoms with E-state index in [0.717, 1.165) is 27.6 Å². The number of hydrogen-bond acceptors (Lipinski definition) is 5. The van der Waals surface area contributed by atoms with Crippen molar-refractivity contribution in [3.8, 4) is 0 Å². The van der Waals surface area contributed by atoms with Crippen LogP contribution in [0.4, 0.5) is 5.69 Å². The summed E-state index contributed by atoms with van der Waals surface area (Å²) in [5, 5.41) is 4.79. The van der Waals surface area contributed by atoms with Gasteiger partial charge in [0.25, 0.3) is 5.91 Å². The van der Waals surface area contributed by atoms with E-state index in [1.165, 1.54) is 0 Å². The number of para-hydroxylation sites is 2. The minimum absolute atomic E-state index is 0.0119. The smallest absolute Gasteiger partial charge is 0.326 e. The van der Waals surface area contributed by atoms with Gasteiger partial charge in [0.1, 0.15) is 12.4 Å².